The Balaban J connectivity index is 1.30. The number of hydrogen-bond donors (Lipinski definition) is 0. The SMILES string of the molecule is CC(C)(C)OC(=O)N1[C@@H](/C=C/C[C@@H]2O[C@H](COCc3ccccc3)[C@@H](OCc3ccccc3)[C@H](OCc3ccccc3)[C@H]2OCc2ccccc2)COC1(C)C. The summed E-state index contributed by atoms with van der Waals surface area (Å²) in [5.74, 6) is 0. The van der Waals surface area contributed by atoms with Gasteiger partial charge in [-0.05, 0) is 63.3 Å². The highest BCUT2D eigenvalue weighted by Crippen LogP contribution is 2.34. The van der Waals surface area contributed by atoms with E-state index in [1.807, 2.05) is 126 Å². The van der Waals surface area contributed by atoms with Gasteiger partial charge in [0.25, 0.3) is 0 Å². The molecule has 2 heterocycles. The summed E-state index contributed by atoms with van der Waals surface area (Å²) in [5, 5.41) is 0. The molecule has 2 aliphatic rings. The first-order chi connectivity index (χ1) is 27.1. The Morgan fingerprint density at radius 3 is 1.61 bits per heavy atom. The molecule has 2 aliphatic heterocycles. The molecule has 0 N–H and O–H groups in total. The Morgan fingerprint density at radius 2 is 1.12 bits per heavy atom. The van der Waals surface area contributed by atoms with Crippen LogP contribution in [0.1, 0.15) is 63.3 Å². The number of carbonyl (C=O) groups is 1. The van der Waals surface area contributed by atoms with Crippen molar-refractivity contribution in [2.75, 3.05) is 13.2 Å². The Kier molecular flexibility index (Phi) is 14.5. The Labute approximate surface area is 332 Å². The number of rotatable bonds is 16. The van der Waals surface area contributed by atoms with Crippen molar-refractivity contribution in [3.63, 3.8) is 0 Å². The molecule has 6 rings (SSSR count). The van der Waals surface area contributed by atoms with Gasteiger partial charge in [0, 0.05) is 0 Å². The van der Waals surface area contributed by atoms with E-state index in [9.17, 15) is 4.79 Å². The number of nitrogens with zero attached hydrogens (tertiary/aromatic N) is 1. The van der Waals surface area contributed by atoms with Crippen molar-refractivity contribution in [3.05, 3.63) is 156 Å². The van der Waals surface area contributed by atoms with Crippen molar-refractivity contribution >= 4 is 6.09 Å². The van der Waals surface area contributed by atoms with Gasteiger partial charge in [-0.2, -0.15) is 0 Å². The van der Waals surface area contributed by atoms with E-state index >= 15 is 0 Å². The molecule has 2 fully saturated rings. The van der Waals surface area contributed by atoms with Gasteiger partial charge in [-0.3, -0.25) is 4.90 Å². The molecule has 4 aromatic carbocycles. The van der Waals surface area contributed by atoms with Crippen LogP contribution in [0.4, 0.5) is 4.79 Å². The topological polar surface area (TPSA) is 84.9 Å². The second kappa shape index (κ2) is 19.7. The quantitative estimate of drug-likeness (QED) is 0.105. The van der Waals surface area contributed by atoms with E-state index in [0.717, 1.165) is 22.3 Å². The Bertz CT molecular complexity index is 1780. The normalized spacial score (nSPS) is 23.7. The standard InChI is InChI=1S/C47H57NO8/c1-46(2,3)56-45(49)48-39(33-54-47(48,4)5)27-18-28-40-42(51-30-36-21-12-7-13-22-36)44(53-32-38-25-16-9-17-26-38)43(52-31-37-23-14-8-15-24-37)41(55-40)34-50-29-35-19-10-6-11-20-35/h6-27,39-44H,28-34H2,1-5H3/b27-18+/t39-,40-,41+,42-,43+,44+/m0/s1. The lowest BCUT2D eigenvalue weighted by Gasteiger charge is -2.46. The van der Waals surface area contributed by atoms with Crippen LogP contribution in [-0.4, -0.2) is 72.1 Å². The molecule has 0 aromatic heterocycles. The minimum Gasteiger partial charge on any atom is -0.444 e. The molecule has 0 saturated carbocycles. The van der Waals surface area contributed by atoms with Crippen LogP contribution in [-0.2, 0) is 59.6 Å². The summed E-state index contributed by atoms with van der Waals surface area (Å²) >= 11 is 0. The fourth-order valence-corrected chi connectivity index (χ4v) is 7.08. The lowest BCUT2D eigenvalue weighted by molar-refractivity contribution is -0.271. The fraction of sp³-hybridized carbons (Fsp3) is 0.426. The minimum atomic E-state index is -0.832. The maximum atomic E-state index is 13.4. The molecule has 9 heteroatoms. The van der Waals surface area contributed by atoms with Gasteiger partial charge in [0.05, 0.1) is 51.8 Å². The first-order valence-corrected chi connectivity index (χ1v) is 19.6. The van der Waals surface area contributed by atoms with Crippen LogP contribution >= 0.6 is 0 Å². The lowest BCUT2D eigenvalue weighted by atomic mass is 9.92. The van der Waals surface area contributed by atoms with Crippen molar-refractivity contribution in [2.24, 2.45) is 0 Å². The molecule has 298 valence electrons. The summed E-state index contributed by atoms with van der Waals surface area (Å²) in [5.41, 5.74) is 2.72. The number of carbonyl (C=O) groups excluding carboxylic acids is 1. The molecule has 56 heavy (non-hydrogen) atoms. The van der Waals surface area contributed by atoms with Crippen LogP contribution in [0, 0.1) is 0 Å². The van der Waals surface area contributed by atoms with Crippen LogP contribution in [0.2, 0.25) is 0 Å². The van der Waals surface area contributed by atoms with Gasteiger partial charge in [-0.15, -0.1) is 0 Å². The van der Waals surface area contributed by atoms with E-state index in [1.165, 1.54) is 0 Å². The summed E-state index contributed by atoms with van der Waals surface area (Å²) in [7, 11) is 0. The zero-order valence-corrected chi connectivity index (χ0v) is 33.3. The third-order valence-electron chi connectivity index (χ3n) is 9.82. The molecule has 9 nitrogen and oxygen atoms in total. The monoisotopic (exact) mass is 763 g/mol. The maximum absolute atomic E-state index is 13.4. The average molecular weight is 764 g/mol. The predicted octanol–water partition coefficient (Wildman–Crippen LogP) is 9.05. The maximum Gasteiger partial charge on any atom is 0.413 e. The summed E-state index contributed by atoms with van der Waals surface area (Å²) in [6, 6.07) is 40.1. The second-order valence-corrected chi connectivity index (χ2v) is 15.8. The van der Waals surface area contributed by atoms with Crippen molar-refractivity contribution in [2.45, 2.75) is 115 Å². The number of amides is 1. The average Bonchev–Trinajstić information content (AvgIpc) is 3.50. The van der Waals surface area contributed by atoms with Crippen LogP contribution in [0.25, 0.3) is 0 Å². The summed E-state index contributed by atoms with van der Waals surface area (Å²) in [6.45, 7) is 11.5. The molecule has 2 saturated heterocycles. The summed E-state index contributed by atoms with van der Waals surface area (Å²) in [6.07, 6.45) is 1.63. The molecule has 4 aromatic rings. The summed E-state index contributed by atoms with van der Waals surface area (Å²) < 4.78 is 45.8. The van der Waals surface area contributed by atoms with Gasteiger partial charge in [-0.25, -0.2) is 4.79 Å². The van der Waals surface area contributed by atoms with Crippen molar-refractivity contribution < 1.29 is 38.0 Å². The highest BCUT2D eigenvalue weighted by Gasteiger charge is 2.49. The van der Waals surface area contributed by atoms with Crippen molar-refractivity contribution in [1.29, 1.82) is 0 Å². The van der Waals surface area contributed by atoms with Crippen molar-refractivity contribution in [3.8, 4) is 0 Å². The van der Waals surface area contributed by atoms with Crippen LogP contribution in [0.3, 0.4) is 0 Å². The zero-order chi connectivity index (χ0) is 39.4. The minimum absolute atomic E-state index is 0.280. The number of benzene rings is 4. The highest BCUT2D eigenvalue weighted by molar-refractivity contribution is 5.70. The van der Waals surface area contributed by atoms with Gasteiger partial charge >= 0.3 is 6.09 Å². The number of hydrogen-bond acceptors (Lipinski definition) is 8. The van der Waals surface area contributed by atoms with Crippen LogP contribution in [0.5, 0.6) is 0 Å². The smallest absolute Gasteiger partial charge is 0.413 e. The highest BCUT2D eigenvalue weighted by atomic mass is 16.6. The predicted molar refractivity (Wildman–Crippen MR) is 215 cm³/mol. The summed E-state index contributed by atoms with van der Waals surface area (Å²) in [4.78, 5) is 15.1. The molecular weight excluding hydrogens is 707 g/mol. The molecule has 0 spiro atoms. The van der Waals surface area contributed by atoms with Gasteiger partial charge in [0.1, 0.15) is 35.7 Å². The molecule has 0 bridgehead atoms. The Hall–Kier alpha value is -4.35. The largest absolute Gasteiger partial charge is 0.444 e. The first kappa shape index (κ1) is 41.3. The van der Waals surface area contributed by atoms with E-state index in [1.54, 1.807) is 4.90 Å². The fourth-order valence-electron chi connectivity index (χ4n) is 7.08. The lowest BCUT2D eigenvalue weighted by Crippen LogP contribution is -2.61. The molecule has 0 unspecified atom stereocenters. The van der Waals surface area contributed by atoms with Crippen LogP contribution < -0.4 is 0 Å². The third-order valence-corrected chi connectivity index (χ3v) is 9.82. The van der Waals surface area contributed by atoms with E-state index in [-0.39, 0.29) is 12.6 Å². The van der Waals surface area contributed by atoms with Gasteiger partial charge in [-0.1, -0.05) is 133 Å². The van der Waals surface area contributed by atoms with Crippen molar-refractivity contribution in [1.82, 2.24) is 4.90 Å². The van der Waals surface area contributed by atoms with Gasteiger partial charge in [0.15, 0.2) is 0 Å². The Morgan fingerprint density at radius 1 is 0.679 bits per heavy atom. The zero-order valence-electron chi connectivity index (χ0n) is 33.3. The van der Waals surface area contributed by atoms with E-state index < -0.39 is 47.9 Å². The van der Waals surface area contributed by atoms with Gasteiger partial charge < -0.3 is 33.2 Å². The molecule has 0 radical (unpaired) electrons. The molecule has 0 aliphatic carbocycles. The second-order valence-electron chi connectivity index (χ2n) is 15.8. The van der Waals surface area contributed by atoms with Gasteiger partial charge in [0.2, 0.25) is 0 Å². The molecule has 1 amide bonds. The van der Waals surface area contributed by atoms with E-state index in [4.69, 9.17) is 33.2 Å². The van der Waals surface area contributed by atoms with E-state index in [2.05, 4.69) is 42.5 Å². The van der Waals surface area contributed by atoms with E-state index in [0.29, 0.717) is 39.5 Å². The molecular formula is C47H57NO8. The van der Waals surface area contributed by atoms with Crippen LogP contribution in [0.15, 0.2) is 133 Å². The third kappa shape index (κ3) is 11.8. The number of ether oxygens (including phenoxy) is 7. The molecule has 6 atom stereocenters. The first-order valence-electron chi connectivity index (χ1n) is 19.6.